The Morgan fingerprint density at radius 2 is 2.08 bits per heavy atom. The van der Waals surface area contributed by atoms with Gasteiger partial charge in [-0.2, -0.15) is 0 Å². The predicted molar refractivity (Wildman–Crippen MR) is 88.1 cm³/mol. The fourth-order valence-electron chi connectivity index (χ4n) is 2.47. The number of rotatable bonds is 6. The van der Waals surface area contributed by atoms with Gasteiger partial charge in [0.05, 0.1) is 6.54 Å². The lowest BCUT2D eigenvalue weighted by atomic mass is 10.1. The molecule has 2 N–H and O–H groups in total. The molecule has 1 aromatic carbocycles. The maximum Gasteiger partial charge on any atom is 0.324 e. The van der Waals surface area contributed by atoms with Gasteiger partial charge in [-0.25, -0.2) is 9.18 Å². The van der Waals surface area contributed by atoms with Crippen LogP contribution in [-0.2, 0) is 16.1 Å². The fraction of sp³-hybridized carbons (Fsp3) is 0.294. The second-order valence-corrected chi connectivity index (χ2v) is 5.81. The molecule has 9 heteroatoms. The van der Waals surface area contributed by atoms with Crippen molar-refractivity contribution in [3.63, 3.8) is 0 Å². The van der Waals surface area contributed by atoms with Gasteiger partial charge in [-0.05, 0) is 24.3 Å². The number of carbonyl (C=O) groups is 3. The number of nitrogens with zero attached hydrogens (tertiary/aromatic N) is 2. The summed E-state index contributed by atoms with van der Waals surface area (Å²) in [5.41, 5.74) is 1.21. The number of imide groups is 1. The Morgan fingerprint density at radius 1 is 1.31 bits per heavy atom. The Labute approximate surface area is 148 Å². The standard InChI is InChI=1S/C17H17FN4O4/c18-12-3-1-11(2-4-12)14-9-13(21-26-14)10-19-15(23)5-7-22-8-6-16(24)20-17(22)25/h1-4,9H,5-8,10H2,(H,19,23)(H,20,24,25). The van der Waals surface area contributed by atoms with E-state index in [1.54, 1.807) is 18.2 Å². The van der Waals surface area contributed by atoms with Gasteiger partial charge < -0.3 is 14.7 Å². The first-order chi connectivity index (χ1) is 12.5. The molecule has 136 valence electrons. The first kappa shape index (κ1) is 17.6. The molecule has 0 saturated carbocycles. The van der Waals surface area contributed by atoms with E-state index in [-0.39, 0.29) is 43.6 Å². The van der Waals surface area contributed by atoms with E-state index in [1.807, 2.05) is 0 Å². The number of hydrogen-bond donors (Lipinski definition) is 2. The lowest BCUT2D eigenvalue weighted by molar-refractivity contribution is -0.121. The van der Waals surface area contributed by atoms with E-state index in [0.29, 0.717) is 23.6 Å². The lowest BCUT2D eigenvalue weighted by Gasteiger charge is -2.26. The van der Waals surface area contributed by atoms with Crippen molar-refractivity contribution in [3.05, 3.63) is 41.8 Å². The molecule has 1 fully saturated rings. The van der Waals surface area contributed by atoms with Crippen LogP contribution in [0.15, 0.2) is 34.9 Å². The van der Waals surface area contributed by atoms with E-state index in [0.717, 1.165) is 0 Å². The van der Waals surface area contributed by atoms with Crippen molar-refractivity contribution in [2.75, 3.05) is 13.1 Å². The van der Waals surface area contributed by atoms with Crippen LogP contribution in [0.25, 0.3) is 11.3 Å². The first-order valence-electron chi connectivity index (χ1n) is 8.08. The number of hydrogen-bond acceptors (Lipinski definition) is 5. The molecule has 1 saturated heterocycles. The molecule has 4 amide bonds. The van der Waals surface area contributed by atoms with Crippen LogP contribution in [0, 0.1) is 5.82 Å². The van der Waals surface area contributed by atoms with Crippen LogP contribution >= 0.6 is 0 Å². The zero-order chi connectivity index (χ0) is 18.5. The maximum atomic E-state index is 12.9. The van der Waals surface area contributed by atoms with Crippen molar-refractivity contribution in [2.45, 2.75) is 19.4 Å². The summed E-state index contributed by atoms with van der Waals surface area (Å²) in [6.45, 7) is 0.709. The van der Waals surface area contributed by atoms with E-state index in [2.05, 4.69) is 15.8 Å². The van der Waals surface area contributed by atoms with Gasteiger partial charge in [0.2, 0.25) is 11.8 Å². The third-order valence-electron chi connectivity index (χ3n) is 3.91. The topological polar surface area (TPSA) is 105 Å². The molecule has 3 rings (SSSR count). The summed E-state index contributed by atoms with van der Waals surface area (Å²) >= 11 is 0. The molecule has 8 nitrogen and oxygen atoms in total. The Bertz CT molecular complexity index is 818. The van der Waals surface area contributed by atoms with Gasteiger partial charge in [0, 0.05) is 37.6 Å². The van der Waals surface area contributed by atoms with Crippen LogP contribution < -0.4 is 10.6 Å². The molecule has 0 bridgehead atoms. The number of benzene rings is 1. The quantitative estimate of drug-likeness (QED) is 0.811. The Kier molecular flexibility index (Phi) is 5.26. The fourth-order valence-corrected chi connectivity index (χ4v) is 2.47. The Hall–Kier alpha value is -3.23. The van der Waals surface area contributed by atoms with Crippen LogP contribution in [0.5, 0.6) is 0 Å². The van der Waals surface area contributed by atoms with Crippen LogP contribution in [0.2, 0.25) is 0 Å². The smallest absolute Gasteiger partial charge is 0.324 e. The summed E-state index contributed by atoms with van der Waals surface area (Å²) in [4.78, 5) is 36.0. The average Bonchev–Trinajstić information content (AvgIpc) is 3.09. The number of amides is 4. The van der Waals surface area contributed by atoms with Crippen LogP contribution in [0.3, 0.4) is 0 Å². The number of urea groups is 1. The number of carbonyl (C=O) groups excluding carboxylic acids is 3. The van der Waals surface area contributed by atoms with Crippen LogP contribution in [0.1, 0.15) is 18.5 Å². The highest BCUT2D eigenvalue weighted by Crippen LogP contribution is 2.20. The molecule has 0 aliphatic carbocycles. The number of aromatic nitrogens is 1. The predicted octanol–water partition coefficient (Wildman–Crippen LogP) is 1.43. The lowest BCUT2D eigenvalue weighted by Crippen LogP contribution is -2.50. The summed E-state index contributed by atoms with van der Waals surface area (Å²) < 4.78 is 18.1. The van der Waals surface area contributed by atoms with E-state index >= 15 is 0 Å². The van der Waals surface area contributed by atoms with E-state index < -0.39 is 6.03 Å². The number of halogens is 1. The van der Waals surface area contributed by atoms with Gasteiger partial charge in [0.1, 0.15) is 11.5 Å². The third-order valence-corrected chi connectivity index (χ3v) is 3.91. The van der Waals surface area contributed by atoms with E-state index in [9.17, 15) is 18.8 Å². The number of nitrogens with one attached hydrogen (secondary N) is 2. The molecule has 2 aromatic rings. The normalized spacial score (nSPS) is 14.3. The van der Waals surface area contributed by atoms with Gasteiger partial charge in [-0.3, -0.25) is 14.9 Å². The molecule has 1 aliphatic rings. The molecule has 0 atom stereocenters. The zero-order valence-corrected chi connectivity index (χ0v) is 13.8. The van der Waals surface area contributed by atoms with Crippen molar-refractivity contribution in [3.8, 4) is 11.3 Å². The van der Waals surface area contributed by atoms with Crippen molar-refractivity contribution < 1.29 is 23.3 Å². The largest absolute Gasteiger partial charge is 0.356 e. The minimum Gasteiger partial charge on any atom is -0.356 e. The molecule has 0 radical (unpaired) electrons. The summed E-state index contributed by atoms with van der Waals surface area (Å²) in [6, 6.07) is 6.98. The van der Waals surface area contributed by atoms with Crippen LogP contribution in [-0.4, -0.2) is 41.0 Å². The molecular formula is C17H17FN4O4. The summed E-state index contributed by atoms with van der Waals surface area (Å²) in [7, 11) is 0. The van der Waals surface area contributed by atoms with Crippen molar-refractivity contribution in [1.29, 1.82) is 0 Å². The highest BCUT2D eigenvalue weighted by Gasteiger charge is 2.23. The van der Waals surface area contributed by atoms with Gasteiger partial charge in [0.15, 0.2) is 5.76 Å². The highest BCUT2D eigenvalue weighted by atomic mass is 19.1. The van der Waals surface area contributed by atoms with Crippen molar-refractivity contribution in [1.82, 2.24) is 20.7 Å². The van der Waals surface area contributed by atoms with E-state index in [1.165, 1.54) is 17.0 Å². The second kappa shape index (κ2) is 7.77. The summed E-state index contributed by atoms with van der Waals surface area (Å²) in [5, 5.41) is 8.75. The molecule has 1 aromatic heterocycles. The van der Waals surface area contributed by atoms with Gasteiger partial charge >= 0.3 is 6.03 Å². The van der Waals surface area contributed by atoms with E-state index in [4.69, 9.17) is 4.52 Å². The molecule has 26 heavy (non-hydrogen) atoms. The molecular weight excluding hydrogens is 343 g/mol. The highest BCUT2D eigenvalue weighted by molar-refractivity contribution is 5.96. The third kappa shape index (κ3) is 4.44. The van der Waals surface area contributed by atoms with Gasteiger partial charge in [0.25, 0.3) is 0 Å². The van der Waals surface area contributed by atoms with Crippen molar-refractivity contribution in [2.24, 2.45) is 0 Å². The average molecular weight is 360 g/mol. The Balaban J connectivity index is 1.45. The molecule has 0 unspecified atom stereocenters. The minimum absolute atomic E-state index is 0.115. The molecule has 0 spiro atoms. The van der Waals surface area contributed by atoms with Crippen molar-refractivity contribution >= 4 is 17.8 Å². The zero-order valence-electron chi connectivity index (χ0n) is 13.8. The monoisotopic (exact) mass is 360 g/mol. The molecule has 1 aliphatic heterocycles. The van der Waals surface area contributed by atoms with Gasteiger partial charge in [-0.1, -0.05) is 5.16 Å². The van der Waals surface area contributed by atoms with Gasteiger partial charge in [-0.15, -0.1) is 0 Å². The first-order valence-corrected chi connectivity index (χ1v) is 8.08. The Morgan fingerprint density at radius 3 is 2.81 bits per heavy atom. The molecule has 2 heterocycles. The summed E-state index contributed by atoms with van der Waals surface area (Å²) in [6.07, 6.45) is 0.350. The second-order valence-electron chi connectivity index (χ2n) is 5.81. The SMILES string of the molecule is O=C(CCN1CCC(=O)NC1=O)NCc1cc(-c2ccc(F)cc2)on1. The minimum atomic E-state index is -0.477. The van der Waals surface area contributed by atoms with Crippen LogP contribution in [0.4, 0.5) is 9.18 Å². The summed E-state index contributed by atoms with van der Waals surface area (Å²) in [5.74, 6) is -0.420. The maximum absolute atomic E-state index is 12.9.